The molecule has 152 valence electrons. The zero-order valence-corrected chi connectivity index (χ0v) is 16.8. The molecular formula is C25H24N2O3. The van der Waals surface area contributed by atoms with Crippen molar-refractivity contribution in [1.82, 2.24) is 9.88 Å². The smallest absolute Gasteiger partial charge is 0.352 e. The molecule has 0 bridgehead atoms. The van der Waals surface area contributed by atoms with Gasteiger partial charge in [-0.3, -0.25) is 0 Å². The predicted molar refractivity (Wildman–Crippen MR) is 118 cm³/mol. The Hall–Kier alpha value is -3.57. The molecule has 0 aliphatic heterocycles. The number of benzene rings is 3. The number of hydrogen-bond donors (Lipinski definition) is 2. The number of carboxylic acid groups (broad SMARTS) is 1. The highest BCUT2D eigenvalue weighted by Crippen LogP contribution is 2.28. The number of nitrogens with zero attached hydrogens (tertiary/aromatic N) is 1. The van der Waals surface area contributed by atoms with Crippen LogP contribution in [0.4, 0.5) is 0 Å². The lowest BCUT2D eigenvalue weighted by Gasteiger charge is -2.11. The standard InChI is InChI=1S/C25H24N2O3/c1-30-23-14-8-5-11-19(23)15-26-16-21-20-12-6-7-13-22(20)27(24(21)25(28)29)17-18-9-3-2-4-10-18/h2-14,26H,15-17H2,1H3,(H,28,29). The normalized spacial score (nSPS) is 11.0. The van der Waals surface area contributed by atoms with Crippen LogP contribution < -0.4 is 10.1 Å². The third kappa shape index (κ3) is 3.93. The number of carboxylic acids is 1. The van der Waals surface area contributed by atoms with Crippen molar-refractivity contribution in [3.8, 4) is 5.75 Å². The second kappa shape index (κ2) is 8.84. The summed E-state index contributed by atoms with van der Waals surface area (Å²) in [6, 6.07) is 25.6. The lowest BCUT2D eigenvalue weighted by Crippen LogP contribution is -2.17. The Labute approximate surface area is 175 Å². The van der Waals surface area contributed by atoms with Crippen LogP contribution in [0.3, 0.4) is 0 Å². The van der Waals surface area contributed by atoms with Gasteiger partial charge in [0.15, 0.2) is 0 Å². The van der Waals surface area contributed by atoms with Gasteiger partial charge in [-0.05, 0) is 17.7 Å². The van der Waals surface area contributed by atoms with Crippen molar-refractivity contribution in [3.05, 3.63) is 101 Å². The quantitative estimate of drug-likeness (QED) is 0.451. The number of carbonyl (C=O) groups is 1. The van der Waals surface area contributed by atoms with E-state index >= 15 is 0 Å². The average molecular weight is 400 g/mol. The summed E-state index contributed by atoms with van der Waals surface area (Å²) < 4.78 is 7.31. The number of para-hydroxylation sites is 2. The fourth-order valence-corrected chi connectivity index (χ4v) is 3.90. The van der Waals surface area contributed by atoms with Gasteiger partial charge in [0, 0.05) is 41.7 Å². The van der Waals surface area contributed by atoms with E-state index in [1.54, 1.807) is 7.11 Å². The second-order valence-electron chi connectivity index (χ2n) is 7.14. The summed E-state index contributed by atoms with van der Waals surface area (Å²) in [6.45, 7) is 1.54. The first-order valence-corrected chi connectivity index (χ1v) is 9.89. The summed E-state index contributed by atoms with van der Waals surface area (Å²) >= 11 is 0. The summed E-state index contributed by atoms with van der Waals surface area (Å²) in [7, 11) is 1.65. The van der Waals surface area contributed by atoms with E-state index in [1.807, 2.05) is 83.4 Å². The average Bonchev–Trinajstić information content (AvgIpc) is 3.08. The van der Waals surface area contributed by atoms with Gasteiger partial charge < -0.3 is 19.7 Å². The summed E-state index contributed by atoms with van der Waals surface area (Å²) in [4.78, 5) is 12.3. The monoisotopic (exact) mass is 400 g/mol. The van der Waals surface area contributed by atoms with Crippen molar-refractivity contribution < 1.29 is 14.6 Å². The molecular weight excluding hydrogens is 376 g/mol. The minimum atomic E-state index is -0.920. The molecule has 0 saturated heterocycles. The molecule has 3 aromatic carbocycles. The summed E-state index contributed by atoms with van der Waals surface area (Å²) in [6.07, 6.45) is 0. The molecule has 4 aromatic rings. The van der Waals surface area contributed by atoms with Gasteiger partial charge in [0.1, 0.15) is 11.4 Å². The van der Waals surface area contributed by atoms with E-state index in [-0.39, 0.29) is 0 Å². The number of nitrogens with one attached hydrogen (secondary N) is 1. The maximum absolute atomic E-state index is 12.3. The van der Waals surface area contributed by atoms with E-state index in [0.717, 1.165) is 33.3 Å². The topological polar surface area (TPSA) is 63.5 Å². The fourth-order valence-electron chi connectivity index (χ4n) is 3.90. The van der Waals surface area contributed by atoms with Crippen LogP contribution in [-0.2, 0) is 19.6 Å². The Morgan fingerprint density at radius 2 is 1.63 bits per heavy atom. The first kappa shape index (κ1) is 19.7. The van der Waals surface area contributed by atoms with Crippen LogP contribution in [0.25, 0.3) is 10.9 Å². The van der Waals surface area contributed by atoms with Crippen LogP contribution >= 0.6 is 0 Å². The molecule has 0 radical (unpaired) electrons. The maximum Gasteiger partial charge on any atom is 0.352 e. The first-order chi connectivity index (χ1) is 14.7. The van der Waals surface area contributed by atoms with Crippen molar-refractivity contribution >= 4 is 16.9 Å². The van der Waals surface area contributed by atoms with Crippen LogP contribution in [-0.4, -0.2) is 22.8 Å². The third-order valence-corrected chi connectivity index (χ3v) is 5.27. The van der Waals surface area contributed by atoms with Crippen LogP contribution in [0.15, 0.2) is 78.9 Å². The van der Waals surface area contributed by atoms with Crippen molar-refractivity contribution in [1.29, 1.82) is 0 Å². The van der Waals surface area contributed by atoms with Crippen molar-refractivity contribution in [2.24, 2.45) is 0 Å². The highest BCUT2D eigenvalue weighted by molar-refractivity contribution is 5.98. The van der Waals surface area contributed by atoms with Crippen molar-refractivity contribution in [3.63, 3.8) is 0 Å². The maximum atomic E-state index is 12.3. The molecule has 0 atom stereocenters. The second-order valence-corrected chi connectivity index (χ2v) is 7.14. The van der Waals surface area contributed by atoms with Crippen molar-refractivity contribution in [2.45, 2.75) is 19.6 Å². The van der Waals surface area contributed by atoms with Crippen LogP contribution in [0.2, 0.25) is 0 Å². The fraction of sp³-hybridized carbons (Fsp3) is 0.160. The summed E-state index contributed by atoms with van der Waals surface area (Å²) in [5.41, 5.74) is 4.14. The highest BCUT2D eigenvalue weighted by atomic mass is 16.5. The van der Waals surface area contributed by atoms with E-state index in [2.05, 4.69) is 5.32 Å². The molecule has 5 nitrogen and oxygen atoms in total. The van der Waals surface area contributed by atoms with Gasteiger partial charge in [0.25, 0.3) is 0 Å². The molecule has 30 heavy (non-hydrogen) atoms. The summed E-state index contributed by atoms with van der Waals surface area (Å²) in [5.74, 6) is -0.105. The van der Waals surface area contributed by atoms with E-state index in [0.29, 0.717) is 25.3 Å². The number of aromatic nitrogens is 1. The lowest BCUT2D eigenvalue weighted by atomic mass is 10.1. The lowest BCUT2D eigenvalue weighted by molar-refractivity contribution is 0.0684. The van der Waals surface area contributed by atoms with Gasteiger partial charge >= 0.3 is 5.97 Å². The molecule has 0 unspecified atom stereocenters. The third-order valence-electron chi connectivity index (χ3n) is 5.27. The zero-order valence-electron chi connectivity index (χ0n) is 16.8. The molecule has 1 heterocycles. The molecule has 0 amide bonds. The van der Waals surface area contributed by atoms with E-state index in [4.69, 9.17) is 4.74 Å². The van der Waals surface area contributed by atoms with Gasteiger partial charge in [-0.1, -0.05) is 66.7 Å². The summed E-state index contributed by atoms with van der Waals surface area (Å²) in [5, 5.41) is 14.4. The molecule has 0 spiro atoms. The Morgan fingerprint density at radius 1 is 0.933 bits per heavy atom. The van der Waals surface area contributed by atoms with Gasteiger partial charge in [-0.15, -0.1) is 0 Å². The minimum absolute atomic E-state index is 0.326. The molecule has 0 aliphatic rings. The minimum Gasteiger partial charge on any atom is -0.496 e. The Balaban J connectivity index is 1.68. The molecule has 2 N–H and O–H groups in total. The van der Waals surface area contributed by atoms with E-state index < -0.39 is 5.97 Å². The van der Waals surface area contributed by atoms with E-state index in [1.165, 1.54) is 0 Å². The number of ether oxygens (including phenoxy) is 1. The molecule has 0 saturated carbocycles. The Bertz CT molecular complexity index is 1170. The predicted octanol–water partition coefficient (Wildman–Crippen LogP) is 4.69. The molecule has 0 fully saturated rings. The molecule has 1 aromatic heterocycles. The number of rotatable bonds is 8. The van der Waals surface area contributed by atoms with Gasteiger partial charge in [0.05, 0.1) is 7.11 Å². The first-order valence-electron chi connectivity index (χ1n) is 9.89. The number of aromatic carboxylic acids is 1. The van der Waals surface area contributed by atoms with Crippen LogP contribution in [0.5, 0.6) is 5.75 Å². The van der Waals surface area contributed by atoms with E-state index in [9.17, 15) is 9.90 Å². The number of hydrogen-bond acceptors (Lipinski definition) is 3. The number of methoxy groups -OCH3 is 1. The Kier molecular flexibility index (Phi) is 5.82. The van der Waals surface area contributed by atoms with Gasteiger partial charge in [0.2, 0.25) is 0 Å². The molecule has 4 rings (SSSR count). The largest absolute Gasteiger partial charge is 0.496 e. The molecule has 0 aliphatic carbocycles. The number of fused-ring (bicyclic) bond motifs is 1. The van der Waals surface area contributed by atoms with Crippen LogP contribution in [0.1, 0.15) is 27.2 Å². The highest BCUT2D eigenvalue weighted by Gasteiger charge is 2.22. The van der Waals surface area contributed by atoms with Crippen LogP contribution in [0, 0.1) is 0 Å². The molecule has 5 heteroatoms. The SMILES string of the molecule is COc1ccccc1CNCc1c(C(=O)O)n(Cc2ccccc2)c2ccccc12. The Morgan fingerprint density at radius 3 is 2.40 bits per heavy atom. The zero-order chi connectivity index (χ0) is 20.9. The van der Waals surface area contributed by atoms with Gasteiger partial charge in [-0.25, -0.2) is 4.79 Å². The van der Waals surface area contributed by atoms with Gasteiger partial charge in [-0.2, -0.15) is 0 Å². The van der Waals surface area contributed by atoms with Crippen molar-refractivity contribution in [2.75, 3.05) is 7.11 Å².